The zero-order chi connectivity index (χ0) is 13.2. The normalized spacial score (nSPS) is 16.6. The Kier molecular flexibility index (Phi) is 3.23. The summed E-state index contributed by atoms with van der Waals surface area (Å²) < 4.78 is 5.25. The maximum Gasteiger partial charge on any atom is 0.343 e. The summed E-state index contributed by atoms with van der Waals surface area (Å²) in [6.45, 7) is 0. The molecule has 19 heavy (non-hydrogen) atoms. The van der Waals surface area contributed by atoms with Crippen LogP contribution in [0.25, 0.3) is 11.8 Å². The van der Waals surface area contributed by atoms with Gasteiger partial charge in [0.25, 0.3) is 0 Å². The van der Waals surface area contributed by atoms with E-state index in [4.69, 9.17) is 16.3 Å². The van der Waals surface area contributed by atoms with Crippen molar-refractivity contribution in [3.63, 3.8) is 0 Å². The van der Waals surface area contributed by atoms with Crippen LogP contribution in [0.1, 0.15) is 10.4 Å². The fraction of sp³-hybridized carbons (Fsp3) is 0. The van der Waals surface area contributed by atoms with Gasteiger partial charge in [0, 0.05) is 5.02 Å². The smallest absolute Gasteiger partial charge is 0.343 e. The molecule has 0 saturated carbocycles. The first-order chi connectivity index (χ1) is 9.24. The summed E-state index contributed by atoms with van der Waals surface area (Å²) in [7, 11) is 0. The molecule has 0 atom stereocenters. The number of rotatable bonds is 2. The van der Waals surface area contributed by atoms with Gasteiger partial charge in [-0.25, -0.2) is 4.79 Å². The number of ether oxygens (including phenoxy) is 1. The van der Waals surface area contributed by atoms with Crippen LogP contribution in [0.3, 0.4) is 0 Å². The zero-order valence-electron chi connectivity index (χ0n) is 9.80. The van der Waals surface area contributed by atoms with Crippen LogP contribution in [0.15, 0.2) is 53.4 Å². The Bertz CT molecular complexity index is 684. The fourth-order valence-corrected chi connectivity index (χ4v) is 2.66. The molecule has 0 radical (unpaired) electrons. The van der Waals surface area contributed by atoms with Crippen LogP contribution in [0, 0.1) is 0 Å². The van der Waals surface area contributed by atoms with Crippen molar-refractivity contribution < 1.29 is 9.53 Å². The number of cyclic esters (lactones) is 1. The van der Waals surface area contributed by atoms with E-state index in [0.717, 1.165) is 10.4 Å². The minimum Gasteiger partial charge on any atom is -0.421 e. The molecule has 2 heterocycles. The van der Waals surface area contributed by atoms with Crippen LogP contribution < -0.4 is 0 Å². The molecule has 4 heteroatoms. The van der Waals surface area contributed by atoms with Gasteiger partial charge in [0.2, 0.25) is 0 Å². The number of halogens is 1. The number of esters is 1. The van der Waals surface area contributed by atoms with E-state index < -0.39 is 0 Å². The molecule has 0 N–H and O–H groups in total. The second-order valence-corrected chi connectivity index (χ2v) is 5.35. The summed E-state index contributed by atoms with van der Waals surface area (Å²) in [6, 6.07) is 11.2. The largest absolute Gasteiger partial charge is 0.421 e. The Labute approximate surface area is 119 Å². The molecule has 2 aromatic rings. The van der Waals surface area contributed by atoms with Crippen molar-refractivity contribution >= 4 is 40.7 Å². The summed E-state index contributed by atoms with van der Waals surface area (Å²) in [5.41, 5.74) is 1.32. The van der Waals surface area contributed by atoms with Crippen molar-refractivity contribution in [3.8, 4) is 0 Å². The van der Waals surface area contributed by atoms with Gasteiger partial charge in [-0.05, 0) is 35.2 Å². The van der Waals surface area contributed by atoms with Crippen LogP contribution >= 0.6 is 22.9 Å². The molecular weight excluding hydrogens is 280 g/mol. The van der Waals surface area contributed by atoms with E-state index in [-0.39, 0.29) is 5.97 Å². The molecule has 0 saturated heterocycles. The van der Waals surface area contributed by atoms with Crippen LogP contribution in [-0.2, 0) is 9.53 Å². The molecule has 1 aromatic heterocycles. The standard InChI is InChI=1S/C15H9ClO2S/c16-12-5-2-1-4-10(12)8-11-9-13(18-15(11)17)14-6-3-7-19-14/h1-9H/b11-8+. The predicted octanol–water partition coefficient (Wildman–Crippen LogP) is 4.38. The molecule has 3 rings (SSSR count). The van der Waals surface area contributed by atoms with Gasteiger partial charge in [0.1, 0.15) is 5.76 Å². The van der Waals surface area contributed by atoms with Gasteiger partial charge < -0.3 is 4.74 Å². The molecule has 2 nitrogen and oxygen atoms in total. The summed E-state index contributed by atoms with van der Waals surface area (Å²) in [6.07, 6.45) is 3.49. The Hall–Kier alpha value is -1.84. The van der Waals surface area contributed by atoms with Crippen molar-refractivity contribution in [2.45, 2.75) is 0 Å². The fourth-order valence-electron chi connectivity index (χ4n) is 1.79. The molecule has 94 valence electrons. The Balaban J connectivity index is 1.98. The molecule has 0 bridgehead atoms. The van der Waals surface area contributed by atoms with Crippen molar-refractivity contribution in [1.29, 1.82) is 0 Å². The number of benzene rings is 1. The van der Waals surface area contributed by atoms with Crippen molar-refractivity contribution in [1.82, 2.24) is 0 Å². The SMILES string of the molecule is O=C1OC(c2cccs2)=C/C1=C\c1ccccc1Cl. The quantitative estimate of drug-likeness (QED) is 0.605. The lowest BCUT2D eigenvalue weighted by atomic mass is 10.1. The summed E-state index contributed by atoms with van der Waals surface area (Å²) >= 11 is 7.61. The molecule has 1 aromatic carbocycles. The molecular formula is C15H9ClO2S. The van der Waals surface area contributed by atoms with Gasteiger partial charge in [-0.15, -0.1) is 11.3 Å². The number of thiophene rings is 1. The number of hydrogen-bond acceptors (Lipinski definition) is 3. The van der Waals surface area contributed by atoms with Crippen LogP contribution in [0.5, 0.6) is 0 Å². The van der Waals surface area contributed by atoms with Crippen molar-refractivity contribution in [3.05, 3.63) is 68.9 Å². The third-order valence-electron chi connectivity index (χ3n) is 2.71. The Morgan fingerprint density at radius 3 is 2.74 bits per heavy atom. The summed E-state index contributed by atoms with van der Waals surface area (Å²) in [5.74, 6) is 0.252. The van der Waals surface area contributed by atoms with E-state index >= 15 is 0 Å². The maximum atomic E-state index is 11.8. The van der Waals surface area contributed by atoms with Gasteiger partial charge in [-0.2, -0.15) is 0 Å². The van der Waals surface area contributed by atoms with Gasteiger partial charge >= 0.3 is 5.97 Å². The van der Waals surface area contributed by atoms with Gasteiger partial charge in [-0.1, -0.05) is 35.9 Å². The summed E-state index contributed by atoms with van der Waals surface area (Å²) in [5, 5.41) is 2.56. The first-order valence-electron chi connectivity index (χ1n) is 5.68. The van der Waals surface area contributed by atoms with E-state index in [1.807, 2.05) is 35.7 Å². The van der Waals surface area contributed by atoms with E-state index in [9.17, 15) is 4.79 Å². The van der Waals surface area contributed by atoms with Crippen molar-refractivity contribution in [2.75, 3.05) is 0 Å². The molecule has 0 unspecified atom stereocenters. The highest BCUT2D eigenvalue weighted by molar-refractivity contribution is 7.11. The average molecular weight is 289 g/mol. The Morgan fingerprint density at radius 1 is 1.16 bits per heavy atom. The van der Waals surface area contributed by atoms with E-state index in [1.54, 1.807) is 18.2 Å². The maximum absolute atomic E-state index is 11.8. The third-order valence-corrected chi connectivity index (χ3v) is 3.93. The minimum absolute atomic E-state index is 0.344. The Morgan fingerprint density at radius 2 is 2.00 bits per heavy atom. The first kappa shape index (κ1) is 12.2. The third kappa shape index (κ3) is 2.48. The molecule has 0 fully saturated rings. The van der Waals surface area contributed by atoms with E-state index in [0.29, 0.717) is 16.4 Å². The minimum atomic E-state index is -0.344. The molecule has 0 aliphatic carbocycles. The van der Waals surface area contributed by atoms with Crippen LogP contribution in [0.2, 0.25) is 5.02 Å². The van der Waals surface area contributed by atoms with Gasteiger partial charge in [0.15, 0.2) is 0 Å². The number of carbonyl (C=O) groups excluding carboxylic acids is 1. The highest BCUT2D eigenvalue weighted by Crippen LogP contribution is 2.30. The zero-order valence-corrected chi connectivity index (χ0v) is 11.4. The lowest BCUT2D eigenvalue weighted by Crippen LogP contribution is -1.96. The predicted molar refractivity (Wildman–Crippen MR) is 77.8 cm³/mol. The first-order valence-corrected chi connectivity index (χ1v) is 6.94. The van der Waals surface area contributed by atoms with Crippen LogP contribution in [0.4, 0.5) is 0 Å². The monoisotopic (exact) mass is 288 g/mol. The molecule has 0 amide bonds. The molecule has 1 aliphatic rings. The van der Waals surface area contributed by atoms with E-state index in [2.05, 4.69) is 0 Å². The number of carbonyl (C=O) groups is 1. The molecule has 1 aliphatic heterocycles. The topological polar surface area (TPSA) is 26.3 Å². The molecule has 0 spiro atoms. The second-order valence-electron chi connectivity index (χ2n) is 4.00. The van der Waals surface area contributed by atoms with Crippen LogP contribution in [-0.4, -0.2) is 5.97 Å². The summed E-state index contributed by atoms with van der Waals surface area (Å²) in [4.78, 5) is 12.8. The second kappa shape index (κ2) is 5.03. The number of hydrogen-bond donors (Lipinski definition) is 0. The highest BCUT2D eigenvalue weighted by atomic mass is 35.5. The lowest BCUT2D eigenvalue weighted by Gasteiger charge is -1.98. The lowest BCUT2D eigenvalue weighted by molar-refractivity contribution is -0.130. The van der Waals surface area contributed by atoms with Gasteiger partial charge in [0.05, 0.1) is 10.5 Å². The highest BCUT2D eigenvalue weighted by Gasteiger charge is 2.22. The van der Waals surface area contributed by atoms with Gasteiger partial charge in [-0.3, -0.25) is 0 Å². The average Bonchev–Trinajstić information content (AvgIpc) is 3.02. The van der Waals surface area contributed by atoms with E-state index in [1.165, 1.54) is 11.3 Å². The van der Waals surface area contributed by atoms with Crippen molar-refractivity contribution in [2.24, 2.45) is 0 Å².